The fourth-order valence-electron chi connectivity index (χ4n) is 1.54. The highest BCUT2D eigenvalue weighted by Gasteiger charge is 2.14. The van der Waals surface area contributed by atoms with Crippen molar-refractivity contribution >= 4 is 34.8 Å². The van der Waals surface area contributed by atoms with Gasteiger partial charge in [0.15, 0.2) is 5.69 Å². The van der Waals surface area contributed by atoms with Gasteiger partial charge in [-0.15, -0.1) is 0 Å². The summed E-state index contributed by atoms with van der Waals surface area (Å²) in [5, 5.41) is 10.5. The normalized spacial score (nSPS) is 10.6. The van der Waals surface area contributed by atoms with E-state index in [4.69, 9.17) is 34.7 Å². The van der Waals surface area contributed by atoms with Crippen LogP contribution < -0.4 is 11.5 Å². The number of halogens is 2. The van der Waals surface area contributed by atoms with Crippen molar-refractivity contribution in [3.05, 3.63) is 39.1 Å². The van der Waals surface area contributed by atoms with Crippen LogP contribution in [-0.2, 0) is 6.42 Å². The molecule has 1 amide bonds. The van der Waals surface area contributed by atoms with E-state index in [0.29, 0.717) is 27.8 Å². The molecule has 0 spiro atoms. The largest absolute Gasteiger partial charge is 0.397 e. The third-order valence-electron chi connectivity index (χ3n) is 2.34. The summed E-state index contributed by atoms with van der Waals surface area (Å²) in [6.45, 7) is 0. The van der Waals surface area contributed by atoms with E-state index in [1.54, 1.807) is 12.1 Å². The van der Waals surface area contributed by atoms with Crippen molar-refractivity contribution in [2.45, 2.75) is 6.42 Å². The molecule has 94 valence electrons. The molecule has 0 unspecified atom stereocenters. The number of benzene rings is 1. The molecule has 0 saturated heterocycles. The summed E-state index contributed by atoms with van der Waals surface area (Å²) in [7, 11) is 0. The maximum absolute atomic E-state index is 11.1. The molecule has 0 aliphatic carbocycles. The predicted molar refractivity (Wildman–Crippen MR) is 68.6 cm³/mol. The highest BCUT2D eigenvalue weighted by molar-refractivity contribution is 6.43. The molecule has 8 heteroatoms. The van der Waals surface area contributed by atoms with E-state index in [9.17, 15) is 4.79 Å². The number of anilines is 1. The van der Waals surface area contributed by atoms with Crippen LogP contribution in [0.1, 0.15) is 21.7 Å². The predicted octanol–water partition coefficient (Wildman–Crippen LogP) is 1.38. The molecule has 0 aliphatic rings. The second-order valence-corrected chi connectivity index (χ2v) is 4.43. The minimum absolute atomic E-state index is 0.0969. The molecular weight excluding hydrogens is 277 g/mol. The molecule has 5 N–H and O–H groups in total. The first kappa shape index (κ1) is 12.7. The molecular formula is C10H9Cl2N5O. The topological polar surface area (TPSA) is 111 Å². The Hall–Kier alpha value is -1.79. The number of nitrogen functional groups attached to an aromatic ring is 1. The van der Waals surface area contributed by atoms with Gasteiger partial charge in [-0.25, -0.2) is 0 Å². The van der Waals surface area contributed by atoms with E-state index in [0.717, 1.165) is 5.56 Å². The molecule has 2 aromatic rings. The summed E-state index contributed by atoms with van der Waals surface area (Å²) in [6.07, 6.45) is 0.329. The van der Waals surface area contributed by atoms with Gasteiger partial charge in [-0.05, 0) is 17.7 Å². The SMILES string of the molecule is NC(=O)c1n[nH]nc1Cc1cc(N)c(Cl)c(Cl)c1. The average Bonchev–Trinajstić information content (AvgIpc) is 2.74. The van der Waals surface area contributed by atoms with Crippen molar-refractivity contribution in [1.82, 2.24) is 15.4 Å². The number of hydrogen-bond donors (Lipinski definition) is 3. The summed E-state index contributed by atoms with van der Waals surface area (Å²) in [5.41, 5.74) is 12.5. The van der Waals surface area contributed by atoms with Gasteiger partial charge in [0.1, 0.15) is 0 Å². The monoisotopic (exact) mass is 285 g/mol. The van der Waals surface area contributed by atoms with Gasteiger partial charge in [-0.3, -0.25) is 4.79 Å². The Morgan fingerprint density at radius 3 is 2.67 bits per heavy atom. The van der Waals surface area contributed by atoms with Crippen molar-refractivity contribution in [1.29, 1.82) is 0 Å². The Morgan fingerprint density at radius 2 is 2.06 bits per heavy atom. The number of primary amides is 1. The minimum Gasteiger partial charge on any atom is -0.397 e. The number of nitrogens with one attached hydrogen (secondary N) is 1. The van der Waals surface area contributed by atoms with Gasteiger partial charge in [-0.1, -0.05) is 23.2 Å². The van der Waals surface area contributed by atoms with Crippen LogP contribution in [0.15, 0.2) is 12.1 Å². The first-order valence-electron chi connectivity index (χ1n) is 4.92. The number of aromatic amines is 1. The smallest absolute Gasteiger partial charge is 0.271 e. The number of nitrogens with two attached hydrogens (primary N) is 2. The molecule has 0 aliphatic heterocycles. The fraction of sp³-hybridized carbons (Fsp3) is 0.100. The number of hydrogen-bond acceptors (Lipinski definition) is 4. The zero-order valence-electron chi connectivity index (χ0n) is 9.08. The molecule has 0 atom stereocenters. The van der Waals surface area contributed by atoms with Crippen molar-refractivity contribution in [3.8, 4) is 0 Å². The first-order chi connectivity index (χ1) is 8.49. The van der Waals surface area contributed by atoms with Gasteiger partial charge in [0.05, 0.1) is 21.4 Å². The molecule has 0 radical (unpaired) electrons. The highest BCUT2D eigenvalue weighted by atomic mass is 35.5. The van der Waals surface area contributed by atoms with E-state index in [2.05, 4.69) is 15.4 Å². The van der Waals surface area contributed by atoms with E-state index in [-0.39, 0.29) is 5.69 Å². The molecule has 18 heavy (non-hydrogen) atoms. The van der Waals surface area contributed by atoms with Crippen LogP contribution in [0, 0.1) is 0 Å². The van der Waals surface area contributed by atoms with E-state index >= 15 is 0 Å². The zero-order chi connectivity index (χ0) is 13.3. The lowest BCUT2D eigenvalue weighted by molar-refractivity contribution is 0.0994. The lowest BCUT2D eigenvalue weighted by atomic mass is 10.1. The summed E-state index contributed by atoms with van der Waals surface area (Å²) < 4.78 is 0. The Bertz CT molecular complexity index is 587. The van der Waals surface area contributed by atoms with Crippen molar-refractivity contribution < 1.29 is 4.79 Å². The molecule has 0 fully saturated rings. The molecule has 1 aromatic heterocycles. The van der Waals surface area contributed by atoms with Gasteiger partial charge in [0.2, 0.25) is 0 Å². The maximum Gasteiger partial charge on any atom is 0.271 e. The van der Waals surface area contributed by atoms with Crippen molar-refractivity contribution in [2.24, 2.45) is 5.73 Å². The Kier molecular flexibility index (Phi) is 3.40. The van der Waals surface area contributed by atoms with Crippen LogP contribution in [0.3, 0.4) is 0 Å². The zero-order valence-corrected chi connectivity index (χ0v) is 10.6. The van der Waals surface area contributed by atoms with Crippen molar-refractivity contribution in [3.63, 3.8) is 0 Å². The number of H-pyrrole nitrogens is 1. The number of carbonyl (C=O) groups is 1. The van der Waals surface area contributed by atoms with Gasteiger partial charge in [0, 0.05) is 6.42 Å². The molecule has 0 bridgehead atoms. The molecule has 0 saturated carbocycles. The van der Waals surface area contributed by atoms with Crippen molar-refractivity contribution in [2.75, 3.05) is 5.73 Å². The van der Waals surface area contributed by atoms with Crippen LogP contribution in [-0.4, -0.2) is 21.3 Å². The molecule has 6 nitrogen and oxygen atoms in total. The van der Waals surface area contributed by atoms with Gasteiger partial charge >= 0.3 is 0 Å². The van der Waals surface area contributed by atoms with Crippen LogP contribution in [0.25, 0.3) is 0 Å². The molecule has 1 heterocycles. The Balaban J connectivity index is 2.34. The maximum atomic E-state index is 11.1. The third kappa shape index (κ3) is 2.39. The average molecular weight is 286 g/mol. The van der Waals surface area contributed by atoms with Crippen LogP contribution >= 0.6 is 23.2 Å². The first-order valence-corrected chi connectivity index (χ1v) is 5.67. The number of carbonyl (C=O) groups excluding carboxylic acids is 1. The molecule has 1 aromatic carbocycles. The third-order valence-corrected chi connectivity index (χ3v) is 3.16. The standard InChI is InChI=1S/C10H9Cl2N5O/c11-5-1-4(2-6(13)8(5)12)3-7-9(10(14)18)16-17-15-7/h1-2H,3,13H2,(H2,14,18)(H,15,16,17). The lowest BCUT2D eigenvalue weighted by Gasteiger charge is -2.05. The number of aromatic nitrogens is 3. The van der Waals surface area contributed by atoms with E-state index < -0.39 is 5.91 Å². The number of rotatable bonds is 3. The summed E-state index contributed by atoms with van der Waals surface area (Å²) in [6, 6.07) is 3.31. The fourth-order valence-corrected chi connectivity index (χ4v) is 1.90. The van der Waals surface area contributed by atoms with Crippen LogP contribution in [0.4, 0.5) is 5.69 Å². The summed E-state index contributed by atoms with van der Waals surface area (Å²) >= 11 is 11.8. The van der Waals surface area contributed by atoms with E-state index in [1.807, 2.05) is 0 Å². The van der Waals surface area contributed by atoms with Gasteiger partial charge in [-0.2, -0.15) is 15.4 Å². The highest BCUT2D eigenvalue weighted by Crippen LogP contribution is 2.30. The quantitative estimate of drug-likeness (QED) is 0.740. The van der Waals surface area contributed by atoms with E-state index in [1.165, 1.54) is 0 Å². The summed E-state index contributed by atoms with van der Waals surface area (Å²) in [4.78, 5) is 11.1. The second-order valence-electron chi connectivity index (χ2n) is 3.64. The second kappa shape index (κ2) is 4.83. The number of nitrogens with zero attached hydrogens (tertiary/aromatic N) is 2. The Morgan fingerprint density at radius 1 is 1.33 bits per heavy atom. The van der Waals surface area contributed by atoms with Crippen LogP contribution in [0.2, 0.25) is 10.0 Å². The summed E-state index contributed by atoms with van der Waals surface area (Å²) in [5.74, 6) is -0.646. The Labute approximate surface area is 112 Å². The minimum atomic E-state index is -0.646. The lowest BCUT2D eigenvalue weighted by Crippen LogP contribution is -2.14. The van der Waals surface area contributed by atoms with Crippen LogP contribution in [0.5, 0.6) is 0 Å². The van der Waals surface area contributed by atoms with Gasteiger partial charge in [0.25, 0.3) is 5.91 Å². The van der Waals surface area contributed by atoms with Gasteiger partial charge < -0.3 is 11.5 Å². The number of amides is 1. The molecule has 2 rings (SSSR count).